The number of anilines is 1. The molecule has 3 atom stereocenters. The monoisotopic (exact) mass is 331 g/mol. The molecule has 0 spiro atoms. The van der Waals surface area contributed by atoms with Gasteiger partial charge in [-0.25, -0.2) is 0 Å². The van der Waals surface area contributed by atoms with E-state index in [-0.39, 0.29) is 18.5 Å². The number of esters is 1. The Bertz CT molecular complexity index is 584. The molecule has 0 unspecified atom stereocenters. The quantitative estimate of drug-likeness (QED) is 0.778. The minimum atomic E-state index is -0.319. The maximum Gasteiger partial charge on any atom is 0.306 e. The van der Waals surface area contributed by atoms with Crippen molar-refractivity contribution < 1.29 is 19.1 Å². The Kier molecular flexibility index (Phi) is 5.38. The first kappa shape index (κ1) is 16.8. The van der Waals surface area contributed by atoms with Gasteiger partial charge in [0.15, 0.2) is 6.61 Å². The highest BCUT2D eigenvalue weighted by Gasteiger charge is 2.40. The summed E-state index contributed by atoms with van der Waals surface area (Å²) in [6.45, 7) is 2.29. The zero-order chi connectivity index (χ0) is 16.9. The van der Waals surface area contributed by atoms with Gasteiger partial charge in [-0.1, -0.05) is 6.42 Å². The molecule has 1 amide bonds. The van der Waals surface area contributed by atoms with Crippen molar-refractivity contribution in [1.29, 1.82) is 0 Å². The van der Waals surface area contributed by atoms with Gasteiger partial charge in [-0.15, -0.1) is 0 Å². The normalized spacial score (nSPS) is 24.6. The highest BCUT2D eigenvalue weighted by atomic mass is 16.5. The topological polar surface area (TPSA) is 64.6 Å². The van der Waals surface area contributed by atoms with Crippen LogP contribution >= 0.6 is 0 Å². The van der Waals surface area contributed by atoms with E-state index in [1.54, 1.807) is 24.3 Å². The van der Waals surface area contributed by atoms with Gasteiger partial charge in [-0.3, -0.25) is 9.59 Å². The van der Waals surface area contributed by atoms with Crippen molar-refractivity contribution in [3.63, 3.8) is 0 Å². The van der Waals surface area contributed by atoms with E-state index in [1.807, 2.05) is 6.92 Å². The zero-order valence-electron chi connectivity index (χ0n) is 14.1. The molecule has 24 heavy (non-hydrogen) atoms. The lowest BCUT2D eigenvalue weighted by molar-refractivity contribution is -0.148. The lowest BCUT2D eigenvalue weighted by Crippen LogP contribution is -2.23. The molecule has 2 aliphatic rings. The molecule has 1 aromatic carbocycles. The summed E-state index contributed by atoms with van der Waals surface area (Å²) in [4.78, 5) is 23.8. The largest absolute Gasteiger partial charge is 0.494 e. The van der Waals surface area contributed by atoms with Crippen LogP contribution in [0.1, 0.15) is 39.0 Å². The van der Waals surface area contributed by atoms with E-state index < -0.39 is 0 Å². The number of carbonyl (C=O) groups is 2. The van der Waals surface area contributed by atoms with Gasteiger partial charge in [0.25, 0.3) is 5.91 Å². The average Bonchev–Trinajstić information content (AvgIpc) is 3.18. The number of benzene rings is 1. The van der Waals surface area contributed by atoms with Crippen LogP contribution in [0.5, 0.6) is 5.75 Å². The Hall–Kier alpha value is -2.04. The smallest absolute Gasteiger partial charge is 0.306 e. The van der Waals surface area contributed by atoms with Gasteiger partial charge in [0.1, 0.15) is 5.75 Å². The van der Waals surface area contributed by atoms with Gasteiger partial charge < -0.3 is 14.8 Å². The van der Waals surface area contributed by atoms with Crippen LogP contribution in [0.4, 0.5) is 5.69 Å². The Morgan fingerprint density at radius 1 is 1.17 bits per heavy atom. The summed E-state index contributed by atoms with van der Waals surface area (Å²) >= 11 is 0. The van der Waals surface area contributed by atoms with Crippen LogP contribution in [-0.2, 0) is 14.3 Å². The minimum Gasteiger partial charge on any atom is -0.494 e. The SMILES string of the molecule is CCOc1ccc(NC(=O)COC(=O)C[C@H]2C[C@@H]3CC[C@H]2C3)cc1. The second-order valence-corrected chi connectivity index (χ2v) is 6.81. The molecule has 2 saturated carbocycles. The Morgan fingerprint density at radius 3 is 2.58 bits per heavy atom. The molecule has 3 rings (SSSR count). The maximum absolute atomic E-state index is 11.9. The number of carbonyl (C=O) groups excluding carboxylic acids is 2. The van der Waals surface area contributed by atoms with Crippen LogP contribution < -0.4 is 10.1 Å². The number of hydrogen-bond donors (Lipinski definition) is 1. The molecule has 0 heterocycles. The van der Waals surface area contributed by atoms with Crippen LogP contribution in [0, 0.1) is 17.8 Å². The fourth-order valence-corrected chi connectivity index (χ4v) is 4.04. The maximum atomic E-state index is 11.9. The molecule has 2 fully saturated rings. The van der Waals surface area contributed by atoms with Gasteiger partial charge in [-0.2, -0.15) is 0 Å². The molecule has 1 N–H and O–H groups in total. The summed E-state index contributed by atoms with van der Waals surface area (Å²) in [5.74, 6) is 2.16. The molecule has 1 aromatic rings. The van der Waals surface area contributed by atoms with Gasteiger partial charge in [0.2, 0.25) is 0 Å². The fraction of sp³-hybridized carbons (Fsp3) is 0.579. The molecule has 0 aromatic heterocycles. The van der Waals surface area contributed by atoms with Gasteiger partial charge in [0.05, 0.1) is 6.61 Å². The third-order valence-electron chi connectivity index (χ3n) is 5.13. The molecular formula is C19H25NO4. The number of rotatable bonds is 7. The van der Waals surface area contributed by atoms with Crippen molar-refractivity contribution in [2.24, 2.45) is 17.8 Å². The van der Waals surface area contributed by atoms with Crippen LogP contribution in [-0.4, -0.2) is 25.1 Å². The van der Waals surface area contributed by atoms with Crippen molar-refractivity contribution in [3.8, 4) is 5.75 Å². The number of amides is 1. The van der Waals surface area contributed by atoms with Crippen molar-refractivity contribution in [1.82, 2.24) is 0 Å². The second kappa shape index (κ2) is 7.69. The molecule has 2 bridgehead atoms. The van der Waals surface area contributed by atoms with Gasteiger partial charge in [-0.05, 0) is 68.2 Å². The lowest BCUT2D eigenvalue weighted by atomic mass is 9.86. The van der Waals surface area contributed by atoms with E-state index in [2.05, 4.69) is 5.32 Å². The van der Waals surface area contributed by atoms with Crippen LogP contribution in [0.15, 0.2) is 24.3 Å². The Morgan fingerprint density at radius 2 is 1.96 bits per heavy atom. The first-order valence-corrected chi connectivity index (χ1v) is 8.82. The number of hydrogen-bond acceptors (Lipinski definition) is 4. The molecular weight excluding hydrogens is 306 g/mol. The van der Waals surface area contributed by atoms with Gasteiger partial charge in [0, 0.05) is 12.1 Å². The van der Waals surface area contributed by atoms with Gasteiger partial charge >= 0.3 is 5.97 Å². The number of fused-ring (bicyclic) bond motifs is 2. The standard InChI is InChI=1S/C19H25NO4/c1-2-23-17-7-5-16(6-8-17)20-18(21)12-24-19(22)11-15-10-13-3-4-14(15)9-13/h5-8,13-15H,2-4,9-12H2,1H3,(H,20,21)/t13-,14+,15-/m1/s1. The molecule has 0 saturated heterocycles. The summed E-state index contributed by atoms with van der Waals surface area (Å²) in [7, 11) is 0. The van der Waals surface area contributed by atoms with Crippen molar-refractivity contribution in [3.05, 3.63) is 24.3 Å². The second-order valence-electron chi connectivity index (χ2n) is 6.81. The molecule has 0 radical (unpaired) electrons. The van der Waals surface area contributed by atoms with E-state index in [0.29, 0.717) is 30.6 Å². The highest BCUT2D eigenvalue weighted by Crippen LogP contribution is 2.49. The number of ether oxygens (including phenoxy) is 2. The summed E-state index contributed by atoms with van der Waals surface area (Å²) in [5, 5.41) is 2.72. The third-order valence-corrected chi connectivity index (χ3v) is 5.13. The first-order chi connectivity index (χ1) is 11.6. The Balaban J connectivity index is 1.38. The Labute approximate surface area is 142 Å². The van der Waals surface area contributed by atoms with Crippen molar-refractivity contribution in [2.45, 2.75) is 39.0 Å². The van der Waals surface area contributed by atoms with E-state index in [0.717, 1.165) is 18.1 Å². The zero-order valence-corrected chi connectivity index (χ0v) is 14.1. The van der Waals surface area contributed by atoms with Crippen LogP contribution in [0.2, 0.25) is 0 Å². The predicted octanol–water partition coefficient (Wildman–Crippen LogP) is 3.39. The van der Waals surface area contributed by atoms with Crippen molar-refractivity contribution in [2.75, 3.05) is 18.5 Å². The van der Waals surface area contributed by atoms with E-state index in [1.165, 1.54) is 19.3 Å². The molecule has 5 nitrogen and oxygen atoms in total. The van der Waals surface area contributed by atoms with E-state index >= 15 is 0 Å². The molecule has 130 valence electrons. The molecule has 0 aliphatic heterocycles. The summed E-state index contributed by atoms with van der Waals surface area (Å²) < 4.78 is 10.5. The number of nitrogens with one attached hydrogen (secondary N) is 1. The molecule has 5 heteroatoms. The highest BCUT2D eigenvalue weighted by molar-refractivity contribution is 5.92. The van der Waals surface area contributed by atoms with E-state index in [4.69, 9.17) is 9.47 Å². The summed E-state index contributed by atoms with van der Waals surface area (Å²) in [6, 6.07) is 7.11. The summed E-state index contributed by atoms with van der Waals surface area (Å²) in [6.07, 6.45) is 5.45. The van der Waals surface area contributed by atoms with Crippen LogP contribution in [0.25, 0.3) is 0 Å². The summed E-state index contributed by atoms with van der Waals surface area (Å²) in [5.41, 5.74) is 0.660. The van der Waals surface area contributed by atoms with E-state index in [9.17, 15) is 9.59 Å². The minimum absolute atomic E-state index is 0.229. The van der Waals surface area contributed by atoms with Crippen molar-refractivity contribution >= 4 is 17.6 Å². The predicted molar refractivity (Wildman–Crippen MR) is 90.8 cm³/mol. The average molecular weight is 331 g/mol. The lowest BCUT2D eigenvalue weighted by Gasteiger charge is -2.20. The third kappa shape index (κ3) is 4.28. The van der Waals surface area contributed by atoms with Crippen LogP contribution in [0.3, 0.4) is 0 Å². The fourth-order valence-electron chi connectivity index (χ4n) is 4.04. The molecule has 2 aliphatic carbocycles. The first-order valence-electron chi connectivity index (χ1n) is 8.82.